The molecule has 0 amide bonds. The average Bonchev–Trinajstić information content (AvgIpc) is 3.26. The Morgan fingerprint density at radius 2 is 2.05 bits per heavy atom. The van der Waals surface area contributed by atoms with Crippen molar-refractivity contribution in [1.29, 1.82) is 0 Å². The van der Waals surface area contributed by atoms with Crippen molar-refractivity contribution in [3.63, 3.8) is 0 Å². The van der Waals surface area contributed by atoms with Gasteiger partial charge in [-0.3, -0.25) is 0 Å². The first-order valence-corrected chi connectivity index (χ1v) is 8.25. The maximum atomic E-state index is 6.06. The third kappa shape index (κ3) is 4.00. The number of ether oxygens (including phenoxy) is 1. The Balaban J connectivity index is 1.81. The van der Waals surface area contributed by atoms with E-state index in [1.807, 2.05) is 37.3 Å². The van der Waals surface area contributed by atoms with Gasteiger partial charge in [0.1, 0.15) is 11.5 Å². The molecule has 1 aliphatic carbocycles. The molecule has 2 aromatic carbocycles. The van der Waals surface area contributed by atoms with Gasteiger partial charge in [0.15, 0.2) is 0 Å². The Morgan fingerprint density at radius 1 is 1.24 bits per heavy atom. The minimum absolute atomic E-state index is 0.680. The van der Waals surface area contributed by atoms with Crippen LogP contribution in [-0.2, 0) is 6.54 Å². The van der Waals surface area contributed by atoms with Crippen LogP contribution >= 0.6 is 27.5 Å². The fourth-order valence-corrected chi connectivity index (χ4v) is 2.58. The second-order valence-electron chi connectivity index (χ2n) is 5.42. The van der Waals surface area contributed by atoms with Crippen molar-refractivity contribution in [3.8, 4) is 11.5 Å². The minimum atomic E-state index is 0.680. The summed E-state index contributed by atoms with van der Waals surface area (Å²) in [6.45, 7) is 2.81. The normalized spacial score (nSPS) is 14.2. The van der Waals surface area contributed by atoms with Gasteiger partial charge >= 0.3 is 0 Å². The van der Waals surface area contributed by atoms with E-state index in [0.29, 0.717) is 6.04 Å². The molecular formula is C17H17BrClNO. The van der Waals surface area contributed by atoms with E-state index < -0.39 is 0 Å². The van der Waals surface area contributed by atoms with Gasteiger partial charge in [0.05, 0.1) is 0 Å². The van der Waals surface area contributed by atoms with Crippen molar-refractivity contribution in [2.45, 2.75) is 32.4 Å². The van der Waals surface area contributed by atoms with E-state index >= 15 is 0 Å². The summed E-state index contributed by atoms with van der Waals surface area (Å²) in [7, 11) is 0. The smallest absolute Gasteiger partial charge is 0.133 e. The van der Waals surface area contributed by atoms with Crippen molar-refractivity contribution in [2.24, 2.45) is 0 Å². The molecule has 0 atom stereocenters. The fraction of sp³-hybridized carbons (Fsp3) is 0.294. The molecule has 2 nitrogen and oxygen atoms in total. The predicted molar refractivity (Wildman–Crippen MR) is 90.3 cm³/mol. The second-order valence-corrected chi connectivity index (χ2v) is 6.74. The largest absolute Gasteiger partial charge is 0.457 e. The standard InChI is InChI=1S/C17H17BrClNO/c1-11-8-15(6-7-16(11)19)21-17-9-13(18)3-2-12(17)10-20-14-4-5-14/h2-3,6-9,14,20H,4-5,10H2,1H3. The SMILES string of the molecule is Cc1cc(Oc2cc(Br)ccc2CNC2CC2)ccc1Cl. The van der Waals surface area contributed by atoms with Crippen LogP contribution in [0.25, 0.3) is 0 Å². The summed E-state index contributed by atoms with van der Waals surface area (Å²) in [5.41, 5.74) is 2.18. The molecule has 110 valence electrons. The number of nitrogens with one attached hydrogen (secondary N) is 1. The molecule has 1 N–H and O–H groups in total. The number of benzene rings is 2. The highest BCUT2D eigenvalue weighted by Gasteiger charge is 2.20. The van der Waals surface area contributed by atoms with E-state index in [4.69, 9.17) is 16.3 Å². The lowest BCUT2D eigenvalue weighted by Crippen LogP contribution is -2.15. The first-order valence-electron chi connectivity index (χ1n) is 7.07. The minimum Gasteiger partial charge on any atom is -0.457 e. The van der Waals surface area contributed by atoms with E-state index in [-0.39, 0.29) is 0 Å². The molecule has 0 radical (unpaired) electrons. The summed E-state index contributed by atoms with van der Waals surface area (Å²) in [5.74, 6) is 1.68. The number of rotatable bonds is 5. The van der Waals surface area contributed by atoms with Gasteiger partial charge < -0.3 is 10.1 Å². The summed E-state index contributed by atoms with van der Waals surface area (Å²) in [4.78, 5) is 0. The molecule has 21 heavy (non-hydrogen) atoms. The van der Waals surface area contributed by atoms with Gasteiger partial charge in [-0.2, -0.15) is 0 Å². The molecule has 3 rings (SSSR count). The van der Waals surface area contributed by atoms with Gasteiger partial charge in [0.2, 0.25) is 0 Å². The maximum Gasteiger partial charge on any atom is 0.133 e. The van der Waals surface area contributed by atoms with Crippen LogP contribution in [0.4, 0.5) is 0 Å². The molecule has 0 saturated heterocycles. The summed E-state index contributed by atoms with van der Waals surface area (Å²) in [6, 6.07) is 12.6. The lowest BCUT2D eigenvalue weighted by atomic mass is 10.2. The summed E-state index contributed by atoms with van der Waals surface area (Å²) >= 11 is 9.57. The molecule has 2 aromatic rings. The molecular weight excluding hydrogens is 350 g/mol. The molecule has 0 bridgehead atoms. The molecule has 1 aliphatic rings. The molecule has 1 saturated carbocycles. The van der Waals surface area contributed by atoms with E-state index in [9.17, 15) is 0 Å². The lowest BCUT2D eigenvalue weighted by molar-refractivity contribution is 0.472. The topological polar surface area (TPSA) is 21.3 Å². The van der Waals surface area contributed by atoms with E-state index in [1.165, 1.54) is 12.8 Å². The second kappa shape index (κ2) is 6.39. The third-order valence-corrected chi connectivity index (χ3v) is 4.46. The van der Waals surface area contributed by atoms with Crippen molar-refractivity contribution in [1.82, 2.24) is 5.32 Å². The van der Waals surface area contributed by atoms with E-state index in [1.54, 1.807) is 0 Å². The fourth-order valence-electron chi connectivity index (χ4n) is 2.12. The zero-order valence-corrected chi connectivity index (χ0v) is 14.2. The molecule has 0 aliphatic heterocycles. The molecule has 4 heteroatoms. The highest BCUT2D eigenvalue weighted by atomic mass is 79.9. The van der Waals surface area contributed by atoms with E-state index in [2.05, 4.69) is 27.3 Å². The first kappa shape index (κ1) is 14.9. The van der Waals surface area contributed by atoms with Gasteiger partial charge in [0, 0.05) is 27.6 Å². The zero-order valence-electron chi connectivity index (χ0n) is 11.8. The summed E-state index contributed by atoms with van der Waals surface area (Å²) < 4.78 is 7.06. The highest BCUT2D eigenvalue weighted by Crippen LogP contribution is 2.31. The van der Waals surface area contributed by atoms with Gasteiger partial charge in [-0.15, -0.1) is 0 Å². The van der Waals surface area contributed by atoms with Crippen molar-refractivity contribution in [2.75, 3.05) is 0 Å². The van der Waals surface area contributed by atoms with Crippen molar-refractivity contribution >= 4 is 27.5 Å². The third-order valence-electron chi connectivity index (χ3n) is 3.54. The Morgan fingerprint density at radius 3 is 2.76 bits per heavy atom. The monoisotopic (exact) mass is 365 g/mol. The predicted octanol–water partition coefficient (Wildman–Crippen LogP) is 5.46. The Hall–Kier alpha value is -1.03. The van der Waals surface area contributed by atoms with Crippen LogP contribution in [0.1, 0.15) is 24.0 Å². The number of hydrogen-bond donors (Lipinski definition) is 1. The van der Waals surface area contributed by atoms with Gasteiger partial charge in [0.25, 0.3) is 0 Å². The maximum absolute atomic E-state index is 6.06. The van der Waals surface area contributed by atoms with Crippen molar-refractivity contribution in [3.05, 3.63) is 57.0 Å². The van der Waals surface area contributed by atoms with Crippen LogP contribution in [0.2, 0.25) is 5.02 Å². The molecule has 0 unspecified atom stereocenters. The van der Waals surface area contributed by atoms with Crippen LogP contribution in [-0.4, -0.2) is 6.04 Å². The van der Waals surface area contributed by atoms with Crippen LogP contribution in [0.15, 0.2) is 40.9 Å². The number of aryl methyl sites for hydroxylation is 1. The highest BCUT2D eigenvalue weighted by molar-refractivity contribution is 9.10. The van der Waals surface area contributed by atoms with Crippen LogP contribution in [0.5, 0.6) is 11.5 Å². The number of halogens is 2. The van der Waals surface area contributed by atoms with Gasteiger partial charge in [-0.05, 0) is 55.7 Å². The Kier molecular flexibility index (Phi) is 4.53. The molecule has 0 heterocycles. The van der Waals surface area contributed by atoms with Gasteiger partial charge in [-0.1, -0.05) is 33.6 Å². The van der Waals surface area contributed by atoms with Crippen molar-refractivity contribution < 1.29 is 4.74 Å². The average molecular weight is 367 g/mol. The molecule has 1 fully saturated rings. The Labute approximate surface area is 138 Å². The lowest BCUT2D eigenvalue weighted by Gasteiger charge is -2.13. The van der Waals surface area contributed by atoms with Crippen LogP contribution in [0, 0.1) is 6.92 Å². The zero-order chi connectivity index (χ0) is 14.8. The first-order chi connectivity index (χ1) is 10.1. The van der Waals surface area contributed by atoms with Gasteiger partial charge in [-0.25, -0.2) is 0 Å². The number of hydrogen-bond acceptors (Lipinski definition) is 2. The summed E-state index contributed by atoms with van der Waals surface area (Å²) in [5, 5.41) is 4.28. The quantitative estimate of drug-likeness (QED) is 0.759. The Bertz CT molecular complexity index is 655. The van der Waals surface area contributed by atoms with Crippen LogP contribution < -0.4 is 10.1 Å². The van der Waals surface area contributed by atoms with Crippen LogP contribution in [0.3, 0.4) is 0 Å². The molecule has 0 spiro atoms. The molecule has 0 aromatic heterocycles. The van der Waals surface area contributed by atoms with E-state index in [0.717, 1.165) is 38.7 Å². The summed E-state index contributed by atoms with van der Waals surface area (Å²) in [6.07, 6.45) is 2.56.